The van der Waals surface area contributed by atoms with Crippen LogP contribution in [0, 0.1) is 0 Å². The zero-order chi connectivity index (χ0) is 22.1. The van der Waals surface area contributed by atoms with Gasteiger partial charge in [-0.3, -0.25) is 10.2 Å². The van der Waals surface area contributed by atoms with Gasteiger partial charge in [0, 0.05) is 25.2 Å². The molecule has 0 aliphatic carbocycles. The highest BCUT2D eigenvalue weighted by Crippen LogP contribution is 2.28. The van der Waals surface area contributed by atoms with E-state index in [1.807, 2.05) is 13.8 Å². The van der Waals surface area contributed by atoms with Gasteiger partial charge in [0.2, 0.25) is 10.0 Å². The standard InChI is InChI=1S/C18H28N4O7S/c1-13(2)29-15-5-4-14(12-16(15)27-3)17(23)20-21-18(24)19-6-11-30(25,26)22-7-9-28-10-8-22/h4-5,12-13H,6-11H2,1-3H3,(H,20,23)(H2,19,21,24). The third-order valence-corrected chi connectivity index (χ3v) is 5.96. The van der Waals surface area contributed by atoms with E-state index >= 15 is 0 Å². The minimum absolute atomic E-state index is 0.0593. The Morgan fingerprint density at radius 1 is 1.17 bits per heavy atom. The molecule has 1 aromatic carbocycles. The van der Waals surface area contributed by atoms with Crippen LogP contribution in [0.4, 0.5) is 4.79 Å². The summed E-state index contributed by atoms with van der Waals surface area (Å²) in [6.07, 6.45) is -0.0593. The van der Waals surface area contributed by atoms with Crippen LogP contribution in [0.15, 0.2) is 18.2 Å². The lowest BCUT2D eigenvalue weighted by molar-refractivity contribution is 0.0730. The van der Waals surface area contributed by atoms with Crippen molar-refractivity contribution in [3.8, 4) is 11.5 Å². The zero-order valence-corrected chi connectivity index (χ0v) is 18.1. The maximum atomic E-state index is 12.2. The lowest BCUT2D eigenvalue weighted by Crippen LogP contribution is -2.49. The number of hydrazine groups is 1. The van der Waals surface area contributed by atoms with Crippen molar-refractivity contribution < 1.29 is 32.2 Å². The molecular weight excluding hydrogens is 416 g/mol. The fourth-order valence-electron chi connectivity index (χ4n) is 2.64. The molecule has 1 aromatic rings. The number of sulfonamides is 1. The van der Waals surface area contributed by atoms with Gasteiger partial charge in [-0.1, -0.05) is 0 Å². The van der Waals surface area contributed by atoms with Gasteiger partial charge in [-0.15, -0.1) is 0 Å². The molecule has 1 aliphatic rings. The number of carbonyl (C=O) groups is 2. The number of benzene rings is 1. The fraction of sp³-hybridized carbons (Fsp3) is 0.556. The first kappa shape index (κ1) is 23.7. The number of hydrogen-bond acceptors (Lipinski definition) is 7. The lowest BCUT2D eigenvalue weighted by Gasteiger charge is -2.26. The van der Waals surface area contributed by atoms with Crippen LogP contribution < -0.4 is 25.6 Å². The molecular formula is C18H28N4O7S. The molecule has 0 unspecified atom stereocenters. The van der Waals surface area contributed by atoms with Gasteiger partial charge in [-0.05, 0) is 32.0 Å². The van der Waals surface area contributed by atoms with Crippen LogP contribution in [-0.4, -0.2) is 76.5 Å². The van der Waals surface area contributed by atoms with Gasteiger partial charge >= 0.3 is 6.03 Å². The molecule has 12 heteroatoms. The Labute approximate surface area is 176 Å². The van der Waals surface area contributed by atoms with Gasteiger partial charge in [-0.2, -0.15) is 4.31 Å². The van der Waals surface area contributed by atoms with Gasteiger partial charge in [-0.25, -0.2) is 18.6 Å². The number of morpholine rings is 1. The van der Waals surface area contributed by atoms with E-state index in [1.54, 1.807) is 6.07 Å². The first-order valence-electron chi connectivity index (χ1n) is 9.47. The quantitative estimate of drug-likeness (QED) is 0.484. The summed E-state index contributed by atoms with van der Waals surface area (Å²) in [5.41, 5.74) is 4.68. The summed E-state index contributed by atoms with van der Waals surface area (Å²) in [4.78, 5) is 24.1. The summed E-state index contributed by atoms with van der Waals surface area (Å²) >= 11 is 0. The summed E-state index contributed by atoms with van der Waals surface area (Å²) in [6, 6.07) is 3.89. The summed E-state index contributed by atoms with van der Waals surface area (Å²) < 4.78 is 41.6. The number of hydrogen-bond donors (Lipinski definition) is 3. The molecule has 0 bridgehead atoms. The molecule has 0 spiro atoms. The monoisotopic (exact) mass is 444 g/mol. The second kappa shape index (κ2) is 11.0. The van der Waals surface area contributed by atoms with Gasteiger partial charge < -0.3 is 19.5 Å². The zero-order valence-electron chi connectivity index (χ0n) is 17.3. The maximum absolute atomic E-state index is 12.2. The smallest absolute Gasteiger partial charge is 0.333 e. The normalized spacial score (nSPS) is 14.8. The Hall–Kier alpha value is -2.57. The van der Waals surface area contributed by atoms with Crippen LogP contribution in [0.3, 0.4) is 0 Å². The van der Waals surface area contributed by atoms with Crippen LogP contribution in [-0.2, 0) is 14.8 Å². The molecule has 0 atom stereocenters. The van der Waals surface area contributed by atoms with Crippen LogP contribution in [0.1, 0.15) is 24.2 Å². The number of nitrogens with one attached hydrogen (secondary N) is 3. The van der Waals surface area contributed by atoms with E-state index in [1.165, 1.54) is 23.5 Å². The SMILES string of the molecule is COc1cc(C(=O)NNC(=O)NCCS(=O)(=O)N2CCOCC2)ccc1OC(C)C. The highest BCUT2D eigenvalue weighted by Gasteiger charge is 2.24. The van der Waals surface area contributed by atoms with Crippen molar-refractivity contribution >= 4 is 22.0 Å². The number of urea groups is 1. The van der Waals surface area contributed by atoms with Crippen LogP contribution in [0.2, 0.25) is 0 Å². The average molecular weight is 445 g/mol. The summed E-state index contributed by atoms with van der Waals surface area (Å²) in [6.45, 7) is 4.95. The third kappa shape index (κ3) is 7.04. The number of nitrogens with zero attached hydrogens (tertiary/aromatic N) is 1. The van der Waals surface area contributed by atoms with Crippen molar-refractivity contribution in [1.29, 1.82) is 0 Å². The van der Waals surface area contributed by atoms with Crippen molar-refractivity contribution in [2.75, 3.05) is 45.7 Å². The molecule has 1 heterocycles. The number of rotatable bonds is 8. The van der Waals surface area contributed by atoms with Gasteiger partial charge in [0.05, 0.1) is 32.2 Å². The van der Waals surface area contributed by atoms with E-state index in [0.717, 1.165) is 0 Å². The topological polar surface area (TPSA) is 135 Å². The van der Waals surface area contributed by atoms with Gasteiger partial charge in [0.1, 0.15) is 0 Å². The lowest BCUT2D eigenvalue weighted by atomic mass is 10.2. The highest BCUT2D eigenvalue weighted by atomic mass is 32.2. The molecule has 3 amide bonds. The van der Waals surface area contributed by atoms with Crippen molar-refractivity contribution in [1.82, 2.24) is 20.5 Å². The minimum Gasteiger partial charge on any atom is -0.493 e. The first-order chi connectivity index (χ1) is 14.2. The number of methoxy groups -OCH3 is 1. The molecule has 1 fully saturated rings. The number of ether oxygens (including phenoxy) is 3. The summed E-state index contributed by atoms with van der Waals surface area (Å²) in [5.74, 6) is 0.0638. The second-order valence-electron chi connectivity index (χ2n) is 6.69. The van der Waals surface area contributed by atoms with Crippen LogP contribution in [0.25, 0.3) is 0 Å². The molecule has 0 aromatic heterocycles. The Bertz CT molecular complexity index is 839. The van der Waals surface area contributed by atoms with Crippen molar-refractivity contribution in [3.63, 3.8) is 0 Å². The van der Waals surface area contributed by atoms with Crippen molar-refractivity contribution in [3.05, 3.63) is 23.8 Å². The van der Waals surface area contributed by atoms with E-state index in [-0.39, 0.29) is 24.0 Å². The highest BCUT2D eigenvalue weighted by molar-refractivity contribution is 7.89. The number of carbonyl (C=O) groups excluding carboxylic acids is 2. The van der Waals surface area contributed by atoms with E-state index in [4.69, 9.17) is 14.2 Å². The van der Waals surface area contributed by atoms with E-state index < -0.39 is 22.0 Å². The maximum Gasteiger partial charge on any atom is 0.333 e. The van der Waals surface area contributed by atoms with E-state index in [2.05, 4.69) is 16.2 Å². The molecule has 0 saturated carbocycles. The van der Waals surface area contributed by atoms with E-state index in [0.29, 0.717) is 37.8 Å². The molecule has 11 nitrogen and oxygen atoms in total. The third-order valence-electron chi connectivity index (χ3n) is 4.09. The van der Waals surface area contributed by atoms with Crippen LogP contribution in [0.5, 0.6) is 11.5 Å². The predicted octanol–water partition coefficient (Wildman–Crippen LogP) is 0.0884. The van der Waals surface area contributed by atoms with Gasteiger partial charge in [0.15, 0.2) is 11.5 Å². The Morgan fingerprint density at radius 3 is 2.50 bits per heavy atom. The minimum atomic E-state index is -3.48. The molecule has 30 heavy (non-hydrogen) atoms. The largest absolute Gasteiger partial charge is 0.493 e. The Balaban J connectivity index is 1.79. The molecule has 2 rings (SSSR count). The Kier molecular flexibility index (Phi) is 8.69. The fourth-order valence-corrected chi connectivity index (χ4v) is 3.96. The van der Waals surface area contributed by atoms with E-state index in [9.17, 15) is 18.0 Å². The van der Waals surface area contributed by atoms with Gasteiger partial charge in [0.25, 0.3) is 5.91 Å². The van der Waals surface area contributed by atoms with Crippen molar-refractivity contribution in [2.45, 2.75) is 20.0 Å². The second-order valence-corrected chi connectivity index (χ2v) is 8.78. The molecule has 1 aliphatic heterocycles. The van der Waals surface area contributed by atoms with Crippen molar-refractivity contribution in [2.24, 2.45) is 0 Å². The molecule has 0 radical (unpaired) electrons. The number of amides is 3. The average Bonchev–Trinajstić information content (AvgIpc) is 2.72. The summed E-state index contributed by atoms with van der Waals surface area (Å²) in [7, 11) is -2.02. The molecule has 1 saturated heterocycles. The first-order valence-corrected chi connectivity index (χ1v) is 11.1. The Morgan fingerprint density at radius 2 is 1.87 bits per heavy atom. The predicted molar refractivity (Wildman–Crippen MR) is 109 cm³/mol. The molecule has 168 valence electrons. The molecule has 3 N–H and O–H groups in total. The summed E-state index contributed by atoms with van der Waals surface area (Å²) in [5, 5.41) is 2.39. The van der Waals surface area contributed by atoms with Crippen LogP contribution >= 0.6 is 0 Å².